The third-order valence-electron chi connectivity index (χ3n) is 1.83. The van der Waals surface area contributed by atoms with Gasteiger partial charge < -0.3 is 5.32 Å². The zero-order valence-electron chi connectivity index (χ0n) is 8.92. The minimum atomic E-state index is 0.919. The zero-order valence-corrected chi connectivity index (χ0v) is 9.73. The first-order valence-electron chi connectivity index (χ1n) is 5.15. The number of nitrogens with zero attached hydrogens (tertiary/aromatic N) is 1. The summed E-state index contributed by atoms with van der Waals surface area (Å²) >= 11 is 1.82. The van der Waals surface area contributed by atoms with Gasteiger partial charge in [0.1, 0.15) is 0 Å². The molecule has 2 nitrogen and oxygen atoms in total. The smallest absolute Gasteiger partial charge is 0.0960 e. The first-order chi connectivity index (χ1) is 6.86. The molecule has 1 N–H and O–H groups in total. The molecule has 1 aromatic rings. The molecule has 0 radical (unpaired) electrons. The van der Waals surface area contributed by atoms with E-state index in [1.807, 2.05) is 18.0 Å². The summed E-state index contributed by atoms with van der Waals surface area (Å²) in [7, 11) is 0. The molecule has 0 spiro atoms. The Morgan fingerprint density at radius 2 is 2.21 bits per heavy atom. The Morgan fingerprint density at radius 3 is 2.79 bits per heavy atom. The van der Waals surface area contributed by atoms with E-state index >= 15 is 0 Å². The molecule has 78 valence electrons. The van der Waals surface area contributed by atoms with E-state index in [0.29, 0.717) is 0 Å². The minimum absolute atomic E-state index is 0.919. The number of thioether (sulfide) groups is 1. The van der Waals surface area contributed by atoms with Gasteiger partial charge in [-0.2, -0.15) is 0 Å². The molecule has 0 aliphatic rings. The normalized spacial score (nSPS) is 10.4. The van der Waals surface area contributed by atoms with Crippen LogP contribution in [-0.2, 0) is 6.54 Å². The fourth-order valence-electron chi connectivity index (χ4n) is 1.08. The highest BCUT2D eigenvalue weighted by atomic mass is 32.2. The second-order valence-corrected chi connectivity index (χ2v) is 4.25. The largest absolute Gasteiger partial charge is 0.313 e. The molecule has 0 bridgehead atoms. The van der Waals surface area contributed by atoms with Crippen LogP contribution in [0.2, 0.25) is 0 Å². The Labute approximate surface area is 90.5 Å². The summed E-state index contributed by atoms with van der Waals surface area (Å²) in [6, 6.07) is 4.25. The molecule has 3 heteroatoms. The number of rotatable bonds is 6. The summed E-state index contributed by atoms with van der Waals surface area (Å²) in [6.45, 7) is 6.22. The Morgan fingerprint density at radius 1 is 1.36 bits per heavy atom. The summed E-state index contributed by atoms with van der Waals surface area (Å²) in [5.74, 6) is 1.15. The number of nitrogens with one attached hydrogen (secondary N) is 1. The van der Waals surface area contributed by atoms with Gasteiger partial charge in [0.05, 0.1) is 5.03 Å². The van der Waals surface area contributed by atoms with E-state index in [-0.39, 0.29) is 0 Å². The lowest BCUT2D eigenvalue weighted by Gasteiger charge is -2.02. The summed E-state index contributed by atoms with van der Waals surface area (Å²) in [6.07, 6.45) is 3.16. The van der Waals surface area contributed by atoms with Crippen LogP contribution >= 0.6 is 11.8 Å². The number of aromatic nitrogens is 1. The Balaban J connectivity index is 2.42. The average molecular weight is 210 g/mol. The van der Waals surface area contributed by atoms with Crippen LogP contribution in [0.1, 0.15) is 25.8 Å². The lowest BCUT2D eigenvalue weighted by molar-refractivity contribution is 0.723. The van der Waals surface area contributed by atoms with Gasteiger partial charge in [0, 0.05) is 12.7 Å². The molecule has 0 aromatic carbocycles. The summed E-state index contributed by atoms with van der Waals surface area (Å²) in [5.41, 5.74) is 1.26. The van der Waals surface area contributed by atoms with Crippen molar-refractivity contribution in [3.63, 3.8) is 0 Å². The van der Waals surface area contributed by atoms with Crippen molar-refractivity contribution in [3.8, 4) is 0 Å². The van der Waals surface area contributed by atoms with Crippen molar-refractivity contribution in [3.05, 3.63) is 23.9 Å². The van der Waals surface area contributed by atoms with Crippen LogP contribution in [0, 0.1) is 0 Å². The predicted octanol–water partition coefficient (Wildman–Crippen LogP) is 2.69. The van der Waals surface area contributed by atoms with Crippen molar-refractivity contribution < 1.29 is 0 Å². The molecule has 1 rings (SSSR count). The average Bonchev–Trinajstić information content (AvgIpc) is 2.25. The van der Waals surface area contributed by atoms with Gasteiger partial charge in [0.25, 0.3) is 0 Å². The van der Waals surface area contributed by atoms with Crippen LogP contribution in [0.3, 0.4) is 0 Å². The van der Waals surface area contributed by atoms with E-state index in [9.17, 15) is 0 Å². The van der Waals surface area contributed by atoms with Crippen LogP contribution in [0.4, 0.5) is 0 Å². The Bertz CT molecular complexity index is 219. The van der Waals surface area contributed by atoms with E-state index in [1.54, 1.807) is 0 Å². The number of hydrogen-bond acceptors (Lipinski definition) is 3. The second-order valence-electron chi connectivity index (χ2n) is 3.13. The molecule has 0 aliphatic carbocycles. The van der Waals surface area contributed by atoms with Gasteiger partial charge in [-0.05, 0) is 30.3 Å². The molecule has 0 unspecified atom stereocenters. The van der Waals surface area contributed by atoms with Gasteiger partial charge in [-0.25, -0.2) is 4.98 Å². The summed E-state index contributed by atoms with van der Waals surface area (Å²) in [5, 5.41) is 4.41. The highest BCUT2D eigenvalue weighted by Crippen LogP contribution is 2.15. The standard InChI is InChI=1S/C11H18N2S/c1-3-7-14-11-6-5-10(9-13-11)8-12-4-2/h5-6,9,12H,3-4,7-8H2,1-2H3. The molecule has 0 aliphatic heterocycles. The Hall–Kier alpha value is -0.540. The van der Waals surface area contributed by atoms with Gasteiger partial charge in [0.2, 0.25) is 0 Å². The van der Waals surface area contributed by atoms with E-state index in [4.69, 9.17) is 0 Å². The summed E-state index contributed by atoms with van der Waals surface area (Å²) < 4.78 is 0. The maximum atomic E-state index is 4.39. The van der Waals surface area contributed by atoms with Gasteiger partial charge in [-0.1, -0.05) is 19.9 Å². The number of hydrogen-bond donors (Lipinski definition) is 1. The second kappa shape index (κ2) is 6.85. The highest BCUT2D eigenvalue weighted by molar-refractivity contribution is 7.99. The topological polar surface area (TPSA) is 24.9 Å². The molecule has 1 aromatic heterocycles. The number of pyridine rings is 1. The van der Waals surface area contributed by atoms with Crippen LogP contribution in [0.15, 0.2) is 23.4 Å². The van der Waals surface area contributed by atoms with Crippen molar-refractivity contribution >= 4 is 11.8 Å². The fourth-order valence-corrected chi connectivity index (χ4v) is 1.78. The van der Waals surface area contributed by atoms with E-state index < -0.39 is 0 Å². The first kappa shape index (κ1) is 11.5. The molecular formula is C11H18N2S. The molecule has 0 saturated carbocycles. The van der Waals surface area contributed by atoms with Gasteiger partial charge >= 0.3 is 0 Å². The van der Waals surface area contributed by atoms with Crippen molar-refractivity contribution in [2.45, 2.75) is 31.8 Å². The van der Waals surface area contributed by atoms with Crippen LogP contribution < -0.4 is 5.32 Å². The van der Waals surface area contributed by atoms with E-state index in [0.717, 1.165) is 23.9 Å². The van der Waals surface area contributed by atoms with Crippen molar-refractivity contribution in [1.29, 1.82) is 0 Å². The zero-order chi connectivity index (χ0) is 10.2. The minimum Gasteiger partial charge on any atom is -0.313 e. The highest BCUT2D eigenvalue weighted by Gasteiger charge is 1.95. The maximum Gasteiger partial charge on any atom is 0.0960 e. The third-order valence-corrected chi connectivity index (χ3v) is 2.98. The van der Waals surface area contributed by atoms with Crippen LogP contribution in [0.5, 0.6) is 0 Å². The van der Waals surface area contributed by atoms with Gasteiger partial charge in [-0.15, -0.1) is 11.8 Å². The molecule has 1 heterocycles. The van der Waals surface area contributed by atoms with Crippen molar-refractivity contribution in [1.82, 2.24) is 10.3 Å². The molecule has 14 heavy (non-hydrogen) atoms. The van der Waals surface area contributed by atoms with E-state index in [1.165, 1.54) is 12.0 Å². The van der Waals surface area contributed by atoms with Crippen LogP contribution in [-0.4, -0.2) is 17.3 Å². The fraction of sp³-hybridized carbons (Fsp3) is 0.545. The molecule has 0 atom stereocenters. The lowest BCUT2D eigenvalue weighted by atomic mass is 10.3. The Kier molecular flexibility index (Phi) is 5.64. The monoisotopic (exact) mass is 210 g/mol. The maximum absolute atomic E-state index is 4.39. The SMILES string of the molecule is CCCSc1ccc(CNCC)cn1. The summed E-state index contributed by atoms with van der Waals surface area (Å²) in [4.78, 5) is 4.39. The van der Waals surface area contributed by atoms with Crippen molar-refractivity contribution in [2.75, 3.05) is 12.3 Å². The lowest BCUT2D eigenvalue weighted by Crippen LogP contribution is -2.11. The predicted molar refractivity (Wildman–Crippen MR) is 62.6 cm³/mol. The van der Waals surface area contributed by atoms with E-state index in [2.05, 4.69) is 36.3 Å². The van der Waals surface area contributed by atoms with Gasteiger partial charge in [-0.3, -0.25) is 0 Å². The molecule has 0 fully saturated rings. The van der Waals surface area contributed by atoms with Crippen molar-refractivity contribution in [2.24, 2.45) is 0 Å². The quantitative estimate of drug-likeness (QED) is 0.731. The third kappa shape index (κ3) is 4.11. The molecule has 0 saturated heterocycles. The molecule has 0 amide bonds. The molecular weight excluding hydrogens is 192 g/mol. The van der Waals surface area contributed by atoms with Crippen LogP contribution in [0.25, 0.3) is 0 Å². The first-order valence-corrected chi connectivity index (χ1v) is 6.13. The van der Waals surface area contributed by atoms with Gasteiger partial charge in [0.15, 0.2) is 0 Å².